The predicted octanol–water partition coefficient (Wildman–Crippen LogP) is 3.95. The minimum absolute atomic E-state index is 0.139. The molecule has 2 aromatic carbocycles. The molecule has 1 atom stereocenters. The summed E-state index contributed by atoms with van der Waals surface area (Å²) in [6.45, 7) is 5.25. The zero-order valence-corrected chi connectivity index (χ0v) is 17.9. The van der Waals surface area contributed by atoms with Crippen molar-refractivity contribution in [3.8, 4) is 11.3 Å². The molecule has 32 heavy (non-hydrogen) atoms. The highest BCUT2D eigenvalue weighted by molar-refractivity contribution is 6.01. The fourth-order valence-corrected chi connectivity index (χ4v) is 4.01. The molecule has 1 fully saturated rings. The SMILES string of the molecule is C[C@H](NC(=O)c1ccc2[nH]nc(-c3ccc(N4CCOCC4)cc3)c2c1)c1ccccn1. The number of ether oxygens (including phenoxy) is 1. The second-order valence-corrected chi connectivity index (χ2v) is 7.93. The fourth-order valence-electron chi connectivity index (χ4n) is 4.01. The Labute approximate surface area is 186 Å². The van der Waals surface area contributed by atoms with Crippen LogP contribution in [0.5, 0.6) is 0 Å². The second kappa shape index (κ2) is 8.80. The van der Waals surface area contributed by atoms with Crippen LogP contribution in [0.3, 0.4) is 0 Å². The molecule has 7 nitrogen and oxygen atoms in total. The predicted molar refractivity (Wildman–Crippen MR) is 125 cm³/mol. The van der Waals surface area contributed by atoms with Crippen LogP contribution in [-0.2, 0) is 4.74 Å². The molecule has 162 valence electrons. The molecule has 0 aliphatic carbocycles. The summed E-state index contributed by atoms with van der Waals surface area (Å²) in [5.41, 5.74) is 5.33. The van der Waals surface area contributed by atoms with Gasteiger partial charge in [0.1, 0.15) is 0 Å². The van der Waals surface area contributed by atoms with Crippen LogP contribution in [0.2, 0.25) is 0 Å². The number of amides is 1. The highest BCUT2D eigenvalue weighted by atomic mass is 16.5. The summed E-state index contributed by atoms with van der Waals surface area (Å²) < 4.78 is 5.44. The van der Waals surface area contributed by atoms with Gasteiger partial charge in [-0.05, 0) is 49.4 Å². The van der Waals surface area contributed by atoms with E-state index in [2.05, 4.69) is 49.7 Å². The van der Waals surface area contributed by atoms with Crippen molar-refractivity contribution in [1.29, 1.82) is 0 Å². The van der Waals surface area contributed by atoms with Crippen molar-refractivity contribution >= 4 is 22.5 Å². The third-order valence-electron chi connectivity index (χ3n) is 5.82. The number of anilines is 1. The van der Waals surface area contributed by atoms with Gasteiger partial charge in [-0.1, -0.05) is 18.2 Å². The highest BCUT2D eigenvalue weighted by Gasteiger charge is 2.16. The van der Waals surface area contributed by atoms with E-state index in [1.807, 2.05) is 43.3 Å². The van der Waals surface area contributed by atoms with Crippen molar-refractivity contribution in [1.82, 2.24) is 20.5 Å². The number of pyridine rings is 1. The van der Waals surface area contributed by atoms with Gasteiger partial charge in [0.2, 0.25) is 0 Å². The smallest absolute Gasteiger partial charge is 0.251 e. The lowest BCUT2D eigenvalue weighted by Crippen LogP contribution is -2.36. The van der Waals surface area contributed by atoms with E-state index in [0.717, 1.165) is 54.2 Å². The summed E-state index contributed by atoms with van der Waals surface area (Å²) in [5.74, 6) is -0.139. The van der Waals surface area contributed by atoms with Crippen LogP contribution in [0.1, 0.15) is 29.0 Å². The van der Waals surface area contributed by atoms with E-state index in [4.69, 9.17) is 4.74 Å². The van der Waals surface area contributed by atoms with Gasteiger partial charge in [0.25, 0.3) is 5.91 Å². The number of hydrogen-bond donors (Lipinski definition) is 2. The average molecular weight is 428 g/mol. The van der Waals surface area contributed by atoms with Crippen LogP contribution in [0.4, 0.5) is 5.69 Å². The Bertz CT molecular complexity index is 1210. The summed E-state index contributed by atoms with van der Waals surface area (Å²) in [6.07, 6.45) is 1.73. The summed E-state index contributed by atoms with van der Waals surface area (Å²) in [6, 6.07) is 19.5. The van der Waals surface area contributed by atoms with Gasteiger partial charge in [-0.15, -0.1) is 0 Å². The number of rotatable bonds is 5. The van der Waals surface area contributed by atoms with Crippen LogP contribution in [-0.4, -0.2) is 47.4 Å². The molecule has 0 saturated carbocycles. The molecule has 0 spiro atoms. The number of H-pyrrole nitrogens is 1. The van der Waals surface area contributed by atoms with Gasteiger partial charge >= 0.3 is 0 Å². The van der Waals surface area contributed by atoms with Crippen LogP contribution in [0.25, 0.3) is 22.2 Å². The lowest BCUT2D eigenvalue weighted by molar-refractivity contribution is 0.0939. The van der Waals surface area contributed by atoms with Crippen LogP contribution < -0.4 is 10.2 Å². The van der Waals surface area contributed by atoms with Crippen LogP contribution in [0.15, 0.2) is 66.9 Å². The molecule has 0 unspecified atom stereocenters. The van der Waals surface area contributed by atoms with E-state index < -0.39 is 0 Å². The summed E-state index contributed by atoms with van der Waals surface area (Å²) in [5, 5.41) is 11.5. The number of aromatic nitrogens is 3. The third-order valence-corrected chi connectivity index (χ3v) is 5.82. The van der Waals surface area contributed by atoms with Gasteiger partial charge in [0, 0.05) is 41.5 Å². The Morgan fingerprint density at radius 2 is 1.91 bits per heavy atom. The second-order valence-electron chi connectivity index (χ2n) is 7.93. The zero-order valence-electron chi connectivity index (χ0n) is 17.9. The minimum Gasteiger partial charge on any atom is -0.378 e. The van der Waals surface area contributed by atoms with Gasteiger partial charge in [0.05, 0.1) is 36.2 Å². The summed E-state index contributed by atoms with van der Waals surface area (Å²) in [4.78, 5) is 19.5. The first-order valence-corrected chi connectivity index (χ1v) is 10.8. The molecular formula is C25H25N5O2. The number of carbonyl (C=O) groups is 1. The first-order valence-electron chi connectivity index (χ1n) is 10.8. The Kier molecular flexibility index (Phi) is 5.56. The topological polar surface area (TPSA) is 83.1 Å². The molecule has 0 bridgehead atoms. The van der Waals surface area contributed by atoms with E-state index in [1.165, 1.54) is 5.69 Å². The Balaban J connectivity index is 1.38. The molecule has 1 amide bonds. The molecule has 5 rings (SSSR count). The minimum atomic E-state index is -0.184. The fraction of sp³-hybridized carbons (Fsp3) is 0.240. The molecule has 2 aromatic heterocycles. The van der Waals surface area contributed by atoms with E-state index in [-0.39, 0.29) is 11.9 Å². The number of morpholine rings is 1. The largest absolute Gasteiger partial charge is 0.378 e. The summed E-state index contributed by atoms with van der Waals surface area (Å²) >= 11 is 0. The number of hydrogen-bond acceptors (Lipinski definition) is 5. The highest BCUT2D eigenvalue weighted by Crippen LogP contribution is 2.29. The van der Waals surface area contributed by atoms with Crippen molar-refractivity contribution in [2.24, 2.45) is 0 Å². The van der Waals surface area contributed by atoms with Crippen LogP contribution in [0, 0.1) is 0 Å². The number of nitrogens with one attached hydrogen (secondary N) is 2. The van der Waals surface area contributed by atoms with Gasteiger partial charge in [0.15, 0.2) is 0 Å². The molecule has 1 saturated heterocycles. The maximum absolute atomic E-state index is 12.9. The lowest BCUT2D eigenvalue weighted by atomic mass is 10.0. The molecule has 4 aromatic rings. The molecule has 1 aliphatic heterocycles. The third kappa shape index (κ3) is 4.07. The zero-order chi connectivity index (χ0) is 21.9. The van der Waals surface area contributed by atoms with Gasteiger partial charge in [-0.25, -0.2) is 0 Å². The summed E-state index contributed by atoms with van der Waals surface area (Å²) in [7, 11) is 0. The molecule has 3 heterocycles. The monoisotopic (exact) mass is 427 g/mol. The quantitative estimate of drug-likeness (QED) is 0.504. The van der Waals surface area contributed by atoms with Crippen LogP contribution >= 0.6 is 0 Å². The van der Waals surface area contributed by atoms with Gasteiger partial charge < -0.3 is 15.0 Å². The lowest BCUT2D eigenvalue weighted by Gasteiger charge is -2.28. The normalized spacial score (nSPS) is 15.0. The Morgan fingerprint density at radius 3 is 2.66 bits per heavy atom. The Morgan fingerprint density at radius 1 is 1.09 bits per heavy atom. The van der Waals surface area contributed by atoms with Gasteiger partial charge in [-0.3, -0.25) is 14.9 Å². The van der Waals surface area contributed by atoms with Crippen molar-refractivity contribution in [2.45, 2.75) is 13.0 Å². The number of nitrogens with zero attached hydrogens (tertiary/aromatic N) is 3. The van der Waals surface area contributed by atoms with E-state index in [9.17, 15) is 4.79 Å². The number of fused-ring (bicyclic) bond motifs is 1. The molecule has 0 radical (unpaired) electrons. The number of aromatic amines is 1. The molecule has 2 N–H and O–H groups in total. The average Bonchev–Trinajstić information content (AvgIpc) is 3.28. The maximum atomic E-state index is 12.9. The van der Waals surface area contributed by atoms with Crippen molar-refractivity contribution in [3.05, 3.63) is 78.1 Å². The van der Waals surface area contributed by atoms with E-state index >= 15 is 0 Å². The standard InChI is InChI=1S/C25H25N5O2/c1-17(22-4-2-3-11-26-22)27-25(31)19-7-10-23-21(16-19)24(29-28-23)18-5-8-20(9-6-18)30-12-14-32-15-13-30/h2-11,16-17H,12-15H2,1H3,(H,27,31)(H,28,29)/t17-/m0/s1. The van der Waals surface area contributed by atoms with Crippen molar-refractivity contribution in [2.75, 3.05) is 31.2 Å². The van der Waals surface area contributed by atoms with Crippen molar-refractivity contribution < 1.29 is 9.53 Å². The van der Waals surface area contributed by atoms with Gasteiger partial charge in [-0.2, -0.15) is 5.10 Å². The first kappa shape index (κ1) is 20.2. The number of benzene rings is 2. The maximum Gasteiger partial charge on any atom is 0.251 e. The Hall–Kier alpha value is -3.71. The first-order chi connectivity index (χ1) is 15.7. The molecule has 7 heteroatoms. The molecule has 1 aliphatic rings. The van der Waals surface area contributed by atoms with E-state index in [1.54, 1.807) is 6.20 Å². The van der Waals surface area contributed by atoms with E-state index in [0.29, 0.717) is 5.56 Å². The van der Waals surface area contributed by atoms with Crippen molar-refractivity contribution in [3.63, 3.8) is 0 Å². The number of carbonyl (C=O) groups excluding carboxylic acids is 1. The molecular weight excluding hydrogens is 402 g/mol.